The van der Waals surface area contributed by atoms with E-state index in [1.54, 1.807) is 32.1 Å². The van der Waals surface area contributed by atoms with Crippen molar-refractivity contribution in [2.45, 2.75) is 26.2 Å². The summed E-state index contributed by atoms with van der Waals surface area (Å²) >= 11 is 0. The van der Waals surface area contributed by atoms with Crippen LogP contribution >= 0.6 is 0 Å². The Labute approximate surface area is 219 Å². The smallest absolute Gasteiger partial charge is 0.226 e. The number of methoxy groups -OCH3 is 3. The molecule has 0 amide bonds. The maximum atomic E-state index is 5.58. The number of benzene rings is 2. The molecule has 6 rings (SSSR count). The van der Waals surface area contributed by atoms with E-state index in [1.807, 2.05) is 48.7 Å². The van der Waals surface area contributed by atoms with E-state index in [9.17, 15) is 0 Å². The Morgan fingerprint density at radius 2 is 1.82 bits per heavy atom. The topological polar surface area (TPSA) is 99.2 Å². The maximum absolute atomic E-state index is 5.58. The van der Waals surface area contributed by atoms with Crippen LogP contribution in [0.15, 0.2) is 65.4 Å². The normalized spacial score (nSPS) is 13.0. The van der Waals surface area contributed by atoms with Gasteiger partial charge in [0.15, 0.2) is 22.9 Å². The van der Waals surface area contributed by atoms with Crippen LogP contribution in [0.2, 0.25) is 0 Å². The fourth-order valence-electron chi connectivity index (χ4n) is 4.84. The Hall–Kier alpha value is -4.57. The first kappa shape index (κ1) is 23.8. The number of ether oxygens (including phenoxy) is 3. The minimum atomic E-state index is 0.504. The quantitative estimate of drug-likeness (QED) is 0.305. The number of aromatic nitrogens is 4. The number of nitrogens with zero attached hydrogens (tertiary/aromatic N) is 5. The van der Waals surface area contributed by atoms with Crippen molar-refractivity contribution in [2.75, 3.05) is 26.6 Å². The molecule has 0 aliphatic carbocycles. The Morgan fingerprint density at radius 3 is 2.61 bits per heavy atom. The van der Waals surface area contributed by atoms with E-state index < -0.39 is 0 Å². The highest BCUT2D eigenvalue weighted by molar-refractivity contribution is 5.58. The van der Waals surface area contributed by atoms with E-state index in [2.05, 4.69) is 16.3 Å². The molecule has 0 fully saturated rings. The van der Waals surface area contributed by atoms with Crippen LogP contribution in [0.3, 0.4) is 0 Å². The molecule has 10 nitrogen and oxygen atoms in total. The molecule has 2 aromatic carbocycles. The standard InChI is InChI=1S/C28H28N6O4/c1-35-22-7-4-6-19-15-33(17-21(19)22)16-20-14-30-28(29-13-18-9-10-23(36-2)25(12-18)37-3)34-27(20)31-26(32-34)24-8-5-11-38-24/h4-12,14H,13,15-17H2,1-3H3,(H,29,30). The van der Waals surface area contributed by atoms with Crippen LogP contribution in [0.5, 0.6) is 17.2 Å². The molecule has 0 atom stereocenters. The number of hydrogen-bond donors (Lipinski definition) is 1. The van der Waals surface area contributed by atoms with Gasteiger partial charge in [0.2, 0.25) is 11.8 Å². The second-order valence-electron chi connectivity index (χ2n) is 9.04. The molecular formula is C28H28N6O4. The summed E-state index contributed by atoms with van der Waals surface area (Å²) in [7, 11) is 4.96. The summed E-state index contributed by atoms with van der Waals surface area (Å²) in [5.74, 6) is 3.96. The van der Waals surface area contributed by atoms with Gasteiger partial charge in [-0.05, 0) is 41.5 Å². The largest absolute Gasteiger partial charge is 0.496 e. The monoisotopic (exact) mass is 512 g/mol. The summed E-state index contributed by atoms with van der Waals surface area (Å²) < 4.78 is 23.7. The van der Waals surface area contributed by atoms with Crippen molar-refractivity contribution in [3.8, 4) is 28.8 Å². The van der Waals surface area contributed by atoms with E-state index in [0.717, 1.165) is 35.6 Å². The average Bonchev–Trinajstić information content (AvgIpc) is 3.71. The summed E-state index contributed by atoms with van der Waals surface area (Å²) in [5.41, 5.74) is 5.21. The molecule has 1 aliphatic rings. The van der Waals surface area contributed by atoms with Crippen LogP contribution in [-0.4, -0.2) is 45.8 Å². The van der Waals surface area contributed by atoms with Crippen LogP contribution < -0.4 is 19.5 Å². The molecule has 38 heavy (non-hydrogen) atoms. The predicted molar refractivity (Wildman–Crippen MR) is 141 cm³/mol. The Morgan fingerprint density at radius 1 is 0.947 bits per heavy atom. The number of rotatable bonds is 9. The SMILES string of the molecule is COc1ccc(CNc2ncc(CN3Cc4cccc(OC)c4C3)c3nc(-c4ccco4)nn23)cc1OC. The van der Waals surface area contributed by atoms with Crippen LogP contribution in [-0.2, 0) is 26.2 Å². The van der Waals surface area contributed by atoms with Gasteiger partial charge in [0.1, 0.15) is 5.75 Å². The fraction of sp³-hybridized carbons (Fsp3) is 0.250. The van der Waals surface area contributed by atoms with Gasteiger partial charge in [0.25, 0.3) is 0 Å². The van der Waals surface area contributed by atoms with Gasteiger partial charge in [0.05, 0.1) is 27.6 Å². The molecule has 0 bridgehead atoms. The lowest BCUT2D eigenvalue weighted by Gasteiger charge is -2.16. The van der Waals surface area contributed by atoms with Gasteiger partial charge < -0.3 is 23.9 Å². The van der Waals surface area contributed by atoms with Crippen LogP contribution in [0, 0.1) is 0 Å². The highest BCUT2D eigenvalue weighted by Crippen LogP contribution is 2.32. The van der Waals surface area contributed by atoms with Crippen LogP contribution in [0.4, 0.5) is 5.95 Å². The molecule has 0 unspecified atom stereocenters. The molecule has 0 saturated carbocycles. The molecule has 0 radical (unpaired) electrons. The van der Waals surface area contributed by atoms with E-state index in [-0.39, 0.29) is 0 Å². The molecule has 3 aromatic heterocycles. The molecule has 0 spiro atoms. The molecular weight excluding hydrogens is 484 g/mol. The zero-order chi connectivity index (χ0) is 26.1. The lowest BCUT2D eigenvalue weighted by Crippen LogP contribution is -2.17. The van der Waals surface area contributed by atoms with Crippen molar-refractivity contribution in [3.05, 3.63) is 83.2 Å². The van der Waals surface area contributed by atoms with Crippen molar-refractivity contribution < 1.29 is 18.6 Å². The Kier molecular flexibility index (Phi) is 6.30. The van der Waals surface area contributed by atoms with Gasteiger partial charge in [-0.15, -0.1) is 5.10 Å². The van der Waals surface area contributed by atoms with Gasteiger partial charge in [-0.1, -0.05) is 18.2 Å². The first-order chi connectivity index (χ1) is 18.7. The number of nitrogens with one attached hydrogen (secondary N) is 1. The third kappa shape index (κ3) is 4.39. The lowest BCUT2D eigenvalue weighted by molar-refractivity contribution is 0.273. The van der Waals surface area contributed by atoms with Crippen molar-refractivity contribution in [1.29, 1.82) is 0 Å². The third-order valence-electron chi connectivity index (χ3n) is 6.70. The zero-order valence-electron chi connectivity index (χ0n) is 21.5. The molecule has 10 heteroatoms. The summed E-state index contributed by atoms with van der Waals surface area (Å²) in [5, 5.41) is 8.13. The average molecular weight is 513 g/mol. The Bertz CT molecular complexity index is 1580. The fourth-order valence-corrected chi connectivity index (χ4v) is 4.84. The first-order valence-electron chi connectivity index (χ1n) is 12.3. The molecule has 1 N–H and O–H groups in total. The van der Waals surface area contributed by atoms with E-state index >= 15 is 0 Å². The third-order valence-corrected chi connectivity index (χ3v) is 6.70. The molecule has 0 saturated heterocycles. The minimum Gasteiger partial charge on any atom is -0.496 e. The number of hydrogen-bond acceptors (Lipinski definition) is 9. The summed E-state index contributed by atoms with van der Waals surface area (Å²) in [6.07, 6.45) is 3.48. The second-order valence-corrected chi connectivity index (χ2v) is 9.04. The number of anilines is 1. The predicted octanol–water partition coefficient (Wildman–Crippen LogP) is 4.54. The van der Waals surface area contributed by atoms with Crippen LogP contribution in [0.25, 0.3) is 17.2 Å². The first-order valence-corrected chi connectivity index (χ1v) is 12.3. The number of furan rings is 1. The van der Waals surface area contributed by atoms with Crippen molar-refractivity contribution >= 4 is 11.6 Å². The second kappa shape index (κ2) is 10.1. The van der Waals surface area contributed by atoms with Crippen molar-refractivity contribution in [2.24, 2.45) is 0 Å². The van der Waals surface area contributed by atoms with Crippen molar-refractivity contribution in [3.63, 3.8) is 0 Å². The summed E-state index contributed by atoms with van der Waals surface area (Å²) in [6, 6.07) is 15.7. The van der Waals surface area contributed by atoms with E-state index in [4.69, 9.17) is 33.7 Å². The molecule has 1 aliphatic heterocycles. The maximum Gasteiger partial charge on any atom is 0.226 e. The number of fused-ring (bicyclic) bond motifs is 2. The highest BCUT2D eigenvalue weighted by atomic mass is 16.5. The summed E-state index contributed by atoms with van der Waals surface area (Å²) in [6.45, 7) is 2.81. The lowest BCUT2D eigenvalue weighted by atomic mass is 10.1. The van der Waals surface area contributed by atoms with Gasteiger partial charge in [-0.3, -0.25) is 4.90 Å². The van der Waals surface area contributed by atoms with Gasteiger partial charge in [0, 0.05) is 43.5 Å². The van der Waals surface area contributed by atoms with E-state index in [1.165, 1.54) is 11.1 Å². The van der Waals surface area contributed by atoms with Crippen molar-refractivity contribution in [1.82, 2.24) is 24.5 Å². The van der Waals surface area contributed by atoms with Gasteiger partial charge >= 0.3 is 0 Å². The minimum absolute atomic E-state index is 0.504. The van der Waals surface area contributed by atoms with Crippen LogP contribution in [0.1, 0.15) is 22.3 Å². The molecule has 4 heterocycles. The Balaban J connectivity index is 1.30. The summed E-state index contributed by atoms with van der Waals surface area (Å²) in [4.78, 5) is 11.9. The molecule has 194 valence electrons. The molecule has 5 aromatic rings. The van der Waals surface area contributed by atoms with Gasteiger partial charge in [-0.2, -0.15) is 4.52 Å². The van der Waals surface area contributed by atoms with E-state index in [0.29, 0.717) is 42.1 Å². The zero-order valence-corrected chi connectivity index (χ0v) is 21.5. The van der Waals surface area contributed by atoms with Gasteiger partial charge in [-0.25, -0.2) is 9.97 Å². The highest BCUT2D eigenvalue weighted by Gasteiger charge is 2.24.